The van der Waals surface area contributed by atoms with Crippen molar-refractivity contribution in [2.24, 2.45) is 0 Å². The van der Waals surface area contributed by atoms with Gasteiger partial charge in [0.15, 0.2) is 0 Å². The maximum atomic E-state index is 10.0. The molecular weight excluding hydrogens is 352 g/mol. The van der Waals surface area contributed by atoms with E-state index in [4.69, 9.17) is 4.74 Å². The molecule has 1 N–H and O–H groups in total. The highest BCUT2D eigenvalue weighted by atomic mass is 16.5. The van der Waals surface area contributed by atoms with Crippen molar-refractivity contribution in [2.75, 3.05) is 18.5 Å². The van der Waals surface area contributed by atoms with Crippen LogP contribution in [0.1, 0.15) is 5.56 Å². The van der Waals surface area contributed by atoms with Crippen LogP contribution in [0.15, 0.2) is 73.1 Å². The third-order valence-electron chi connectivity index (χ3n) is 4.52. The Bertz CT molecular complexity index is 1070. The molecule has 0 atom stereocenters. The highest BCUT2D eigenvalue weighted by Crippen LogP contribution is 2.26. The molecule has 0 fully saturated rings. The molecule has 0 amide bonds. The summed E-state index contributed by atoms with van der Waals surface area (Å²) in [4.78, 5) is 14.5. The number of hydrogen-bond acceptors (Lipinski definition) is 6. The van der Waals surface area contributed by atoms with Crippen molar-refractivity contribution in [2.45, 2.75) is 6.42 Å². The van der Waals surface area contributed by atoms with Crippen molar-refractivity contribution >= 4 is 16.6 Å². The van der Waals surface area contributed by atoms with Crippen LogP contribution in [0.4, 0.5) is 5.69 Å². The highest BCUT2D eigenvalue weighted by Gasteiger charge is 2.09. The van der Waals surface area contributed by atoms with Gasteiger partial charge < -0.3 is 14.7 Å². The first-order valence-electron chi connectivity index (χ1n) is 9.03. The largest absolute Gasteiger partial charge is 0.493 e. The Morgan fingerprint density at radius 2 is 1.75 bits per heavy atom. The summed E-state index contributed by atoms with van der Waals surface area (Å²) >= 11 is 0. The van der Waals surface area contributed by atoms with Gasteiger partial charge in [0.1, 0.15) is 5.75 Å². The number of rotatable bonds is 6. The van der Waals surface area contributed by atoms with E-state index in [1.54, 1.807) is 18.5 Å². The lowest BCUT2D eigenvalue weighted by atomic mass is 10.1. The van der Waals surface area contributed by atoms with Crippen LogP contribution in [0.5, 0.6) is 17.6 Å². The van der Waals surface area contributed by atoms with Gasteiger partial charge in [-0.15, -0.1) is 0 Å². The molecule has 2 aromatic carbocycles. The van der Waals surface area contributed by atoms with Gasteiger partial charge in [0, 0.05) is 25.5 Å². The lowest BCUT2D eigenvalue weighted by Crippen LogP contribution is -2.20. The van der Waals surface area contributed by atoms with Crippen LogP contribution in [0.25, 0.3) is 10.9 Å². The zero-order chi connectivity index (χ0) is 19.3. The van der Waals surface area contributed by atoms with E-state index >= 15 is 0 Å². The molecule has 0 spiro atoms. The molecule has 28 heavy (non-hydrogen) atoms. The van der Waals surface area contributed by atoms with Crippen molar-refractivity contribution in [3.05, 3.63) is 78.6 Å². The summed E-state index contributed by atoms with van der Waals surface area (Å²) in [5, 5.41) is 10.6. The van der Waals surface area contributed by atoms with Gasteiger partial charge in [-0.3, -0.25) is 4.98 Å². The molecule has 4 aromatic rings. The second-order valence-electron chi connectivity index (χ2n) is 6.48. The molecule has 0 bridgehead atoms. The second kappa shape index (κ2) is 7.92. The predicted molar refractivity (Wildman–Crippen MR) is 109 cm³/mol. The average Bonchev–Trinajstić information content (AvgIpc) is 2.73. The zero-order valence-electron chi connectivity index (χ0n) is 15.5. The number of fused-ring (bicyclic) bond motifs is 1. The normalized spacial score (nSPS) is 10.8. The van der Waals surface area contributed by atoms with E-state index in [9.17, 15) is 5.11 Å². The molecule has 6 heteroatoms. The minimum Gasteiger partial charge on any atom is -0.493 e. The quantitative estimate of drug-likeness (QED) is 0.547. The van der Waals surface area contributed by atoms with Crippen molar-refractivity contribution < 1.29 is 9.84 Å². The fourth-order valence-electron chi connectivity index (χ4n) is 2.93. The molecule has 2 aromatic heterocycles. The Balaban J connectivity index is 1.43. The maximum Gasteiger partial charge on any atom is 0.325 e. The second-order valence-corrected chi connectivity index (χ2v) is 6.48. The Hall–Kier alpha value is -3.67. The van der Waals surface area contributed by atoms with E-state index in [-0.39, 0.29) is 11.9 Å². The van der Waals surface area contributed by atoms with E-state index in [1.807, 2.05) is 30.3 Å². The maximum absolute atomic E-state index is 10.0. The van der Waals surface area contributed by atoms with Gasteiger partial charge in [-0.2, -0.15) is 9.97 Å². The number of ether oxygens (including phenoxy) is 1. The van der Waals surface area contributed by atoms with E-state index in [2.05, 4.69) is 51.2 Å². The van der Waals surface area contributed by atoms with Gasteiger partial charge >= 0.3 is 6.01 Å². The van der Waals surface area contributed by atoms with Crippen LogP contribution in [0, 0.1) is 0 Å². The molecule has 0 saturated heterocycles. The van der Waals surface area contributed by atoms with Gasteiger partial charge in [-0.05, 0) is 42.3 Å². The van der Waals surface area contributed by atoms with Gasteiger partial charge in [-0.1, -0.05) is 30.3 Å². The van der Waals surface area contributed by atoms with Crippen LogP contribution < -0.4 is 9.64 Å². The molecule has 0 aliphatic carbocycles. The summed E-state index contributed by atoms with van der Waals surface area (Å²) in [6.45, 7) is 0.916. The molecule has 0 aliphatic rings. The van der Waals surface area contributed by atoms with Crippen LogP contribution in [0.3, 0.4) is 0 Å². The minimum absolute atomic E-state index is 0.0863. The van der Waals surface area contributed by atoms with Crippen molar-refractivity contribution in [1.82, 2.24) is 15.0 Å². The standard InChI is InChI=1S/C22H20N4O2/c1-26(14-12-16-5-3-2-4-6-16)17-7-9-18(10-8-17)28-22-24-20-15-23-13-11-19(20)21(27)25-22/h2-11,13,15H,12,14H2,1H3,(H,24,25,27). The topological polar surface area (TPSA) is 71.4 Å². The molecule has 0 radical (unpaired) electrons. The van der Waals surface area contributed by atoms with E-state index in [0.29, 0.717) is 16.7 Å². The number of nitrogens with zero attached hydrogens (tertiary/aromatic N) is 4. The van der Waals surface area contributed by atoms with Crippen molar-refractivity contribution in [3.63, 3.8) is 0 Å². The van der Waals surface area contributed by atoms with Crippen molar-refractivity contribution in [1.29, 1.82) is 0 Å². The number of anilines is 1. The summed E-state index contributed by atoms with van der Waals surface area (Å²) in [6.07, 6.45) is 4.13. The number of pyridine rings is 1. The smallest absolute Gasteiger partial charge is 0.325 e. The first-order chi connectivity index (χ1) is 13.7. The van der Waals surface area contributed by atoms with Crippen LogP contribution >= 0.6 is 0 Å². The molecular formula is C22H20N4O2. The summed E-state index contributed by atoms with van der Waals surface area (Å²) < 4.78 is 5.70. The Morgan fingerprint density at radius 1 is 0.964 bits per heavy atom. The fraction of sp³-hybridized carbons (Fsp3) is 0.136. The summed E-state index contributed by atoms with van der Waals surface area (Å²) in [5.41, 5.74) is 2.94. The van der Waals surface area contributed by atoms with Gasteiger partial charge in [-0.25, -0.2) is 0 Å². The molecule has 4 rings (SSSR count). The Morgan fingerprint density at radius 3 is 2.54 bits per heavy atom. The minimum atomic E-state index is -0.125. The highest BCUT2D eigenvalue weighted by molar-refractivity contribution is 5.82. The molecule has 0 unspecified atom stereocenters. The number of aromatic nitrogens is 3. The summed E-state index contributed by atoms with van der Waals surface area (Å²) in [7, 11) is 2.07. The Labute approximate surface area is 163 Å². The number of benzene rings is 2. The predicted octanol–water partition coefficient (Wildman–Crippen LogP) is 4.20. The zero-order valence-corrected chi connectivity index (χ0v) is 15.5. The lowest BCUT2D eigenvalue weighted by molar-refractivity contribution is 0.412. The number of hydrogen-bond donors (Lipinski definition) is 1. The fourth-order valence-corrected chi connectivity index (χ4v) is 2.93. The summed E-state index contributed by atoms with van der Waals surface area (Å²) in [6, 6.07) is 19.9. The van der Waals surface area contributed by atoms with E-state index in [1.165, 1.54) is 5.56 Å². The lowest BCUT2D eigenvalue weighted by Gasteiger charge is -2.19. The van der Waals surface area contributed by atoms with Gasteiger partial charge in [0.05, 0.1) is 17.1 Å². The van der Waals surface area contributed by atoms with Crippen LogP contribution in [-0.2, 0) is 6.42 Å². The number of aromatic hydroxyl groups is 1. The third-order valence-corrected chi connectivity index (χ3v) is 4.52. The number of likely N-dealkylation sites (N-methyl/N-ethyl adjacent to an activating group) is 1. The Kier molecular flexibility index (Phi) is 5.01. The third kappa shape index (κ3) is 4.01. The van der Waals surface area contributed by atoms with Gasteiger partial charge in [0.2, 0.25) is 5.88 Å². The van der Waals surface area contributed by atoms with Crippen LogP contribution in [-0.4, -0.2) is 33.7 Å². The molecule has 6 nitrogen and oxygen atoms in total. The van der Waals surface area contributed by atoms with Crippen molar-refractivity contribution in [3.8, 4) is 17.6 Å². The monoisotopic (exact) mass is 372 g/mol. The molecule has 140 valence electrons. The average molecular weight is 372 g/mol. The molecule has 0 saturated carbocycles. The SMILES string of the molecule is CN(CCc1ccccc1)c1ccc(Oc2nc(O)c3ccncc3n2)cc1. The van der Waals surface area contributed by atoms with Gasteiger partial charge in [0.25, 0.3) is 0 Å². The first-order valence-corrected chi connectivity index (χ1v) is 9.03. The van der Waals surface area contributed by atoms with E-state index < -0.39 is 0 Å². The summed E-state index contributed by atoms with van der Waals surface area (Å²) in [5.74, 6) is 0.475. The molecule has 0 aliphatic heterocycles. The molecule has 2 heterocycles. The van der Waals surface area contributed by atoms with Crippen LogP contribution in [0.2, 0.25) is 0 Å². The van der Waals surface area contributed by atoms with E-state index in [0.717, 1.165) is 18.7 Å². The first kappa shape index (κ1) is 17.7.